The van der Waals surface area contributed by atoms with Crippen LogP contribution < -0.4 is 9.46 Å². The number of nitrogens with one attached hydrogen (secondary N) is 1. The van der Waals surface area contributed by atoms with Gasteiger partial charge in [-0.15, -0.1) is 0 Å². The van der Waals surface area contributed by atoms with Crippen LogP contribution in [-0.2, 0) is 10.0 Å². The molecule has 0 aliphatic rings. The van der Waals surface area contributed by atoms with Crippen molar-refractivity contribution in [3.05, 3.63) is 28.3 Å². The molecule has 0 spiro atoms. The maximum atomic E-state index is 12.1. The van der Waals surface area contributed by atoms with Crippen LogP contribution in [-0.4, -0.2) is 44.6 Å². The van der Waals surface area contributed by atoms with E-state index in [0.717, 1.165) is 12.1 Å². The summed E-state index contributed by atoms with van der Waals surface area (Å²) in [5, 5.41) is 19.7. The molecule has 1 unspecified atom stereocenters. The Morgan fingerprint density at radius 3 is 2.57 bits per heavy atom. The normalized spacial score (nSPS) is 13.2. The first-order valence-electron chi connectivity index (χ1n) is 5.47. The van der Waals surface area contributed by atoms with Crippen molar-refractivity contribution < 1.29 is 32.0 Å². The summed E-state index contributed by atoms with van der Waals surface area (Å²) in [4.78, 5) is 9.21. The predicted octanol–water partition coefficient (Wildman–Crippen LogP) is 0.508. The smallest absolute Gasteiger partial charge is 0.293 e. The number of aliphatic hydroxyl groups is 1. The van der Waals surface area contributed by atoms with Gasteiger partial charge in [-0.05, 0) is 12.1 Å². The maximum Gasteiger partial charge on any atom is 0.293 e. The maximum absolute atomic E-state index is 12.1. The fourth-order valence-electron chi connectivity index (χ4n) is 1.36. The Bertz CT molecular complexity index is 622. The minimum absolute atomic E-state index is 0.0632. The molecule has 0 saturated heterocycles. The molecule has 1 aromatic carbocycles. The molecule has 0 heterocycles. The molecule has 11 heteroatoms. The van der Waals surface area contributed by atoms with E-state index in [1.807, 2.05) is 0 Å². The molecule has 0 aliphatic heterocycles. The molecule has 0 radical (unpaired) electrons. The molecule has 0 aromatic heterocycles. The molecule has 1 aromatic rings. The SMILES string of the molecule is COc1ccc(S(=O)(=O)NCC(O)C(F)F)c([N+](=O)[O-])c1. The lowest BCUT2D eigenvalue weighted by Crippen LogP contribution is -2.36. The molecule has 1 rings (SSSR count). The van der Waals surface area contributed by atoms with Crippen LogP contribution in [0.25, 0.3) is 0 Å². The summed E-state index contributed by atoms with van der Waals surface area (Å²) in [5.74, 6) is 0.0632. The molecule has 2 N–H and O–H groups in total. The summed E-state index contributed by atoms with van der Waals surface area (Å²) in [6.07, 6.45) is -5.35. The molecule has 0 amide bonds. The van der Waals surface area contributed by atoms with Crippen molar-refractivity contribution in [1.82, 2.24) is 4.72 Å². The third-order valence-electron chi connectivity index (χ3n) is 2.43. The van der Waals surface area contributed by atoms with E-state index < -0.39 is 44.6 Å². The zero-order valence-corrected chi connectivity index (χ0v) is 11.5. The molecular formula is C10H12F2N2O6S. The summed E-state index contributed by atoms with van der Waals surface area (Å²) in [5.41, 5.74) is -0.770. The zero-order valence-electron chi connectivity index (χ0n) is 10.7. The lowest BCUT2D eigenvalue weighted by molar-refractivity contribution is -0.387. The van der Waals surface area contributed by atoms with Gasteiger partial charge in [0.15, 0.2) is 4.90 Å². The van der Waals surface area contributed by atoms with Gasteiger partial charge in [0.25, 0.3) is 12.1 Å². The molecule has 8 nitrogen and oxygen atoms in total. The number of hydrogen-bond donors (Lipinski definition) is 2. The number of nitro benzene ring substituents is 1. The van der Waals surface area contributed by atoms with Crippen LogP contribution in [0.5, 0.6) is 5.75 Å². The Kier molecular flexibility index (Phi) is 5.52. The van der Waals surface area contributed by atoms with Crippen LogP contribution in [0.2, 0.25) is 0 Å². The molecule has 118 valence electrons. The van der Waals surface area contributed by atoms with E-state index in [1.165, 1.54) is 13.2 Å². The number of methoxy groups -OCH3 is 1. The van der Waals surface area contributed by atoms with Crippen LogP contribution in [0.4, 0.5) is 14.5 Å². The number of aliphatic hydroxyl groups excluding tert-OH is 1. The van der Waals surface area contributed by atoms with Crippen molar-refractivity contribution in [2.75, 3.05) is 13.7 Å². The molecule has 21 heavy (non-hydrogen) atoms. The van der Waals surface area contributed by atoms with Crippen LogP contribution in [0, 0.1) is 10.1 Å². The molecule has 1 atom stereocenters. The summed E-state index contributed by atoms with van der Waals surface area (Å²) >= 11 is 0. The van der Waals surface area contributed by atoms with Crippen molar-refractivity contribution >= 4 is 15.7 Å². The van der Waals surface area contributed by atoms with Gasteiger partial charge in [0.05, 0.1) is 18.1 Å². The standard InChI is InChI=1S/C10H12F2N2O6S/c1-20-6-2-3-9(7(4-6)14(16)17)21(18,19)13-5-8(15)10(11)12/h2-4,8,10,13,15H,5H2,1H3. The van der Waals surface area contributed by atoms with E-state index in [2.05, 4.69) is 0 Å². The summed E-state index contributed by atoms with van der Waals surface area (Å²) < 4.78 is 54.4. The number of nitro groups is 1. The van der Waals surface area contributed by atoms with Gasteiger partial charge in [0.2, 0.25) is 10.0 Å². The molecular weight excluding hydrogens is 314 g/mol. The van der Waals surface area contributed by atoms with Gasteiger partial charge in [-0.2, -0.15) is 0 Å². The fourth-order valence-corrected chi connectivity index (χ4v) is 2.56. The van der Waals surface area contributed by atoms with E-state index >= 15 is 0 Å². The van der Waals surface area contributed by atoms with Gasteiger partial charge in [0.1, 0.15) is 11.9 Å². The van der Waals surface area contributed by atoms with E-state index in [-0.39, 0.29) is 5.75 Å². The lowest BCUT2D eigenvalue weighted by Gasteiger charge is -2.11. The van der Waals surface area contributed by atoms with Gasteiger partial charge in [-0.25, -0.2) is 21.9 Å². The van der Waals surface area contributed by atoms with Gasteiger partial charge in [0, 0.05) is 6.54 Å². The highest BCUT2D eigenvalue weighted by atomic mass is 32.2. The third-order valence-corrected chi connectivity index (χ3v) is 3.90. The van der Waals surface area contributed by atoms with Crippen LogP contribution >= 0.6 is 0 Å². The van der Waals surface area contributed by atoms with Crippen molar-refractivity contribution in [3.63, 3.8) is 0 Å². The Balaban J connectivity index is 3.10. The number of nitrogens with zero attached hydrogens (tertiary/aromatic N) is 1. The van der Waals surface area contributed by atoms with E-state index in [9.17, 15) is 27.3 Å². The summed E-state index contributed by atoms with van der Waals surface area (Å²) in [6.45, 7) is -0.969. The fraction of sp³-hybridized carbons (Fsp3) is 0.400. The Morgan fingerprint density at radius 2 is 2.10 bits per heavy atom. The molecule has 0 aliphatic carbocycles. The average Bonchev–Trinajstić information content (AvgIpc) is 2.43. The first-order chi connectivity index (χ1) is 9.69. The minimum atomic E-state index is -4.43. The van der Waals surface area contributed by atoms with Crippen LogP contribution in [0.1, 0.15) is 0 Å². The quantitative estimate of drug-likeness (QED) is 0.556. The Hall–Kier alpha value is -1.85. The number of sulfonamides is 1. The average molecular weight is 326 g/mol. The second-order valence-corrected chi connectivity index (χ2v) is 5.58. The number of hydrogen-bond acceptors (Lipinski definition) is 6. The van der Waals surface area contributed by atoms with E-state index in [0.29, 0.717) is 0 Å². The predicted molar refractivity (Wildman–Crippen MR) is 66.8 cm³/mol. The van der Waals surface area contributed by atoms with Crippen molar-refractivity contribution in [3.8, 4) is 5.75 Å². The van der Waals surface area contributed by atoms with Crippen molar-refractivity contribution in [1.29, 1.82) is 0 Å². The summed E-state index contributed by atoms with van der Waals surface area (Å²) in [6, 6.07) is 2.97. The zero-order chi connectivity index (χ0) is 16.2. The van der Waals surface area contributed by atoms with E-state index in [1.54, 1.807) is 4.72 Å². The van der Waals surface area contributed by atoms with Gasteiger partial charge < -0.3 is 9.84 Å². The minimum Gasteiger partial charge on any atom is -0.497 e. The first-order valence-corrected chi connectivity index (χ1v) is 6.95. The first kappa shape index (κ1) is 17.2. The topological polar surface area (TPSA) is 119 Å². The van der Waals surface area contributed by atoms with Crippen molar-refractivity contribution in [2.24, 2.45) is 0 Å². The van der Waals surface area contributed by atoms with Crippen LogP contribution in [0.3, 0.4) is 0 Å². The molecule has 0 saturated carbocycles. The lowest BCUT2D eigenvalue weighted by atomic mass is 10.3. The number of alkyl halides is 2. The third kappa shape index (κ3) is 4.31. The second-order valence-electron chi connectivity index (χ2n) is 3.84. The van der Waals surface area contributed by atoms with Gasteiger partial charge in [-0.1, -0.05) is 0 Å². The molecule has 0 fully saturated rings. The number of ether oxygens (including phenoxy) is 1. The van der Waals surface area contributed by atoms with Crippen molar-refractivity contribution in [2.45, 2.75) is 17.4 Å². The largest absolute Gasteiger partial charge is 0.497 e. The van der Waals surface area contributed by atoms with E-state index in [4.69, 9.17) is 9.84 Å². The number of benzene rings is 1. The van der Waals surface area contributed by atoms with Crippen LogP contribution in [0.15, 0.2) is 23.1 Å². The molecule has 0 bridgehead atoms. The van der Waals surface area contributed by atoms with Gasteiger partial charge in [-0.3, -0.25) is 10.1 Å². The highest BCUT2D eigenvalue weighted by Gasteiger charge is 2.28. The highest BCUT2D eigenvalue weighted by molar-refractivity contribution is 7.89. The summed E-state index contributed by atoms with van der Waals surface area (Å²) in [7, 11) is -3.19. The number of rotatable bonds is 7. The monoisotopic (exact) mass is 326 g/mol. The highest BCUT2D eigenvalue weighted by Crippen LogP contribution is 2.28. The Morgan fingerprint density at radius 1 is 1.48 bits per heavy atom. The second kappa shape index (κ2) is 6.74. The Labute approximate surface area is 118 Å². The number of halogens is 2. The van der Waals surface area contributed by atoms with Gasteiger partial charge >= 0.3 is 0 Å².